The third-order valence-corrected chi connectivity index (χ3v) is 4.10. The quantitative estimate of drug-likeness (QED) is 0.733. The van der Waals surface area contributed by atoms with Crippen molar-refractivity contribution in [1.82, 2.24) is 4.90 Å². The van der Waals surface area contributed by atoms with Crippen LogP contribution in [0.15, 0.2) is 24.3 Å². The fourth-order valence-corrected chi connectivity index (χ4v) is 3.06. The zero-order valence-corrected chi connectivity index (χ0v) is 11.2. The zero-order chi connectivity index (χ0) is 14.3. The molecule has 0 radical (unpaired) electrons. The van der Waals surface area contributed by atoms with Crippen molar-refractivity contribution < 1.29 is 9.59 Å². The molecule has 20 heavy (non-hydrogen) atoms. The molecule has 3 amide bonds. The van der Waals surface area contributed by atoms with E-state index in [-0.39, 0.29) is 23.9 Å². The molecule has 2 aliphatic heterocycles. The van der Waals surface area contributed by atoms with Gasteiger partial charge in [-0.1, -0.05) is 6.92 Å². The van der Waals surface area contributed by atoms with Crippen molar-refractivity contribution in [3.63, 3.8) is 0 Å². The van der Waals surface area contributed by atoms with E-state index in [9.17, 15) is 9.59 Å². The lowest BCUT2D eigenvalue weighted by atomic mass is 9.91. The van der Waals surface area contributed by atoms with Crippen molar-refractivity contribution in [3.05, 3.63) is 29.8 Å². The Morgan fingerprint density at radius 3 is 2.55 bits per heavy atom. The third-order valence-electron chi connectivity index (χ3n) is 4.10. The third kappa shape index (κ3) is 1.76. The van der Waals surface area contributed by atoms with Crippen LogP contribution < -0.4 is 4.90 Å². The second-order valence-electron chi connectivity index (χ2n) is 5.37. The summed E-state index contributed by atoms with van der Waals surface area (Å²) in [5.41, 5.74) is 1.06. The Labute approximate surface area is 117 Å². The fourth-order valence-electron chi connectivity index (χ4n) is 3.06. The van der Waals surface area contributed by atoms with Gasteiger partial charge in [-0.2, -0.15) is 5.26 Å². The van der Waals surface area contributed by atoms with Gasteiger partial charge in [-0.25, -0.2) is 9.69 Å². The van der Waals surface area contributed by atoms with Gasteiger partial charge >= 0.3 is 6.03 Å². The van der Waals surface area contributed by atoms with Crippen LogP contribution in [-0.2, 0) is 4.79 Å². The van der Waals surface area contributed by atoms with Gasteiger partial charge in [0.25, 0.3) is 5.91 Å². The first kappa shape index (κ1) is 12.7. The first-order valence-electron chi connectivity index (χ1n) is 6.78. The minimum Gasteiger partial charge on any atom is -0.312 e. The van der Waals surface area contributed by atoms with Crippen LogP contribution in [0.3, 0.4) is 0 Å². The molecule has 2 unspecified atom stereocenters. The second kappa shape index (κ2) is 4.64. The Kier molecular flexibility index (Phi) is 2.94. The lowest BCUT2D eigenvalue weighted by Crippen LogP contribution is -2.44. The van der Waals surface area contributed by atoms with Crippen LogP contribution in [0.4, 0.5) is 10.5 Å². The summed E-state index contributed by atoms with van der Waals surface area (Å²) in [6, 6.07) is 8.00. The van der Waals surface area contributed by atoms with E-state index in [0.29, 0.717) is 17.8 Å². The number of urea groups is 1. The number of carbonyl (C=O) groups excluding carboxylic acids is 2. The zero-order valence-electron chi connectivity index (χ0n) is 11.2. The highest BCUT2D eigenvalue weighted by Gasteiger charge is 2.49. The van der Waals surface area contributed by atoms with E-state index in [1.165, 1.54) is 4.90 Å². The van der Waals surface area contributed by atoms with Crippen LogP contribution in [0.5, 0.6) is 0 Å². The molecule has 0 aromatic heterocycles. The van der Waals surface area contributed by atoms with Crippen LogP contribution in [0.25, 0.3) is 0 Å². The van der Waals surface area contributed by atoms with Crippen LogP contribution in [0.1, 0.15) is 25.3 Å². The fraction of sp³-hybridized carbons (Fsp3) is 0.400. The number of amides is 3. The number of rotatable bonds is 1. The molecule has 0 N–H and O–H groups in total. The van der Waals surface area contributed by atoms with Crippen molar-refractivity contribution in [3.8, 4) is 6.07 Å². The Bertz CT molecular complexity index is 603. The van der Waals surface area contributed by atoms with Gasteiger partial charge in [-0.05, 0) is 43.0 Å². The van der Waals surface area contributed by atoms with Crippen molar-refractivity contribution in [2.45, 2.75) is 25.8 Å². The molecule has 1 aromatic carbocycles. The van der Waals surface area contributed by atoms with E-state index in [1.807, 2.05) is 13.0 Å². The number of fused-ring (bicyclic) bond motifs is 1. The first-order valence-corrected chi connectivity index (χ1v) is 6.78. The maximum absolute atomic E-state index is 12.5. The Hall–Kier alpha value is -2.35. The van der Waals surface area contributed by atoms with Gasteiger partial charge in [0.05, 0.1) is 17.3 Å². The van der Waals surface area contributed by atoms with Crippen molar-refractivity contribution in [2.75, 3.05) is 11.4 Å². The van der Waals surface area contributed by atoms with Gasteiger partial charge < -0.3 is 4.90 Å². The average Bonchev–Trinajstić information content (AvgIpc) is 2.72. The van der Waals surface area contributed by atoms with Crippen molar-refractivity contribution >= 4 is 17.6 Å². The molecule has 1 aromatic rings. The molecular formula is C15H15N3O2. The molecule has 5 heteroatoms. The molecule has 2 fully saturated rings. The SMILES string of the molecule is CC1CCCN2C(=O)N(c3ccc(C#N)cc3)C(=O)C12. The number of hydrogen-bond donors (Lipinski definition) is 0. The molecule has 2 saturated heterocycles. The first-order chi connectivity index (χ1) is 9.63. The van der Waals surface area contributed by atoms with Crippen LogP contribution in [0, 0.1) is 17.2 Å². The Morgan fingerprint density at radius 1 is 1.25 bits per heavy atom. The minimum atomic E-state index is -0.327. The molecule has 0 spiro atoms. The van der Waals surface area contributed by atoms with Gasteiger partial charge in [-0.15, -0.1) is 0 Å². The smallest absolute Gasteiger partial charge is 0.312 e. The summed E-state index contributed by atoms with van der Waals surface area (Å²) in [5, 5.41) is 8.80. The normalized spacial score (nSPS) is 25.6. The maximum Gasteiger partial charge on any atom is 0.332 e. The second-order valence-corrected chi connectivity index (χ2v) is 5.37. The highest BCUT2D eigenvalue weighted by molar-refractivity contribution is 6.21. The monoisotopic (exact) mass is 269 g/mol. The minimum absolute atomic E-state index is 0.146. The van der Waals surface area contributed by atoms with E-state index in [2.05, 4.69) is 0 Å². The number of imide groups is 1. The maximum atomic E-state index is 12.5. The van der Waals surface area contributed by atoms with E-state index < -0.39 is 0 Å². The van der Waals surface area contributed by atoms with E-state index in [1.54, 1.807) is 29.2 Å². The molecule has 2 aliphatic rings. The van der Waals surface area contributed by atoms with E-state index >= 15 is 0 Å². The molecule has 2 atom stereocenters. The summed E-state index contributed by atoms with van der Waals surface area (Å²) in [6.07, 6.45) is 1.92. The number of hydrogen-bond acceptors (Lipinski definition) is 3. The lowest BCUT2D eigenvalue weighted by molar-refractivity contribution is -0.121. The average molecular weight is 269 g/mol. The summed E-state index contributed by atoms with van der Waals surface area (Å²) in [5.74, 6) is 0.0514. The Balaban J connectivity index is 1.95. The summed E-state index contributed by atoms with van der Waals surface area (Å²) >= 11 is 0. The number of anilines is 1. The number of nitrogens with zero attached hydrogens (tertiary/aromatic N) is 3. The lowest BCUT2D eigenvalue weighted by Gasteiger charge is -2.31. The molecule has 0 aliphatic carbocycles. The number of benzene rings is 1. The number of piperidine rings is 1. The molecule has 0 saturated carbocycles. The Morgan fingerprint density at radius 2 is 1.95 bits per heavy atom. The van der Waals surface area contributed by atoms with Gasteiger partial charge in [-0.3, -0.25) is 4.79 Å². The summed E-state index contributed by atoms with van der Waals surface area (Å²) in [6.45, 7) is 2.66. The predicted molar refractivity (Wildman–Crippen MR) is 72.9 cm³/mol. The van der Waals surface area contributed by atoms with E-state index in [0.717, 1.165) is 12.8 Å². The predicted octanol–water partition coefficient (Wildman–Crippen LogP) is 2.13. The molecule has 102 valence electrons. The topological polar surface area (TPSA) is 64.4 Å². The number of nitriles is 1. The molecule has 5 nitrogen and oxygen atoms in total. The van der Waals surface area contributed by atoms with Crippen LogP contribution >= 0.6 is 0 Å². The molecular weight excluding hydrogens is 254 g/mol. The van der Waals surface area contributed by atoms with Crippen molar-refractivity contribution in [2.24, 2.45) is 5.92 Å². The van der Waals surface area contributed by atoms with Gasteiger partial charge in [0.1, 0.15) is 6.04 Å². The van der Waals surface area contributed by atoms with Gasteiger partial charge in [0.15, 0.2) is 0 Å². The van der Waals surface area contributed by atoms with Crippen molar-refractivity contribution in [1.29, 1.82) is 5.26 Å². The molecule has 3 rings (SSSR count). The largest absolute Gasteiger partial charge is 0.332 e. The van der Waals surface area contributed by atoms with Gasteiger partial charge in [0.2, 0.25) is 0 Å². The standard InChI is InChI=1S/C15H15N3O2/c1-10-3-2-8-17-13(10)14(19)18(15(17)20)12-6-4-11(9-16)5-7-12/h4-7,10,13H,2-3,8H2,1H3. The summed E-state index contributed by atoms with van der Waals surface area (Å²) in [7, 11) is 0. The number of carbonyl (C=O) groups is 2. The highest BCUT2D eigenvalue weighted by atomic mass is 16.2. The molecule has 2 heterocycles. The highest BCUT2D eigenvalue weighted by Crippen LogP contribution is 2.33. The van der Waals surface area contributed by atoms with Crippen LogP contribution in [0.2, 0.25) is 0 Å². The molecule has 0 bridgehead atoms. The van der Waals surface area contributed by atoms with E-state index in [4.69, 9.17) is 5.26 Å². The van der Waals surface area contributed by atoms with Gasteiger partial charge in [0, 0.05) is 6.54 Å². The summed E-state index contributed by atoms with van der Waals surface area (Å²) < 4.78 is 0. The van der Waals surface area contributed by atoms with Crippen LogP contribution in [-0.4, -0.2) is 29.4 Å². The summed E-state index contributed by atoms with van der Waals surface area (Å²) in [4.78, 5) is 27.8.